The standard InChI is InChI=1S/C12H15F2NO3/c1-18-6-5-15(8-11(16)17)7-9-3-2-4-10(13)12(9)14/h2-4H,5-8H2,1H3,(H,16,17). The molecule has 0 fully saturated rings. The Kier molecular flexibility index (Phi) is 5.67. The molecule has 0 aromatic heterocycles. The van der Waals surface area contributed by atoms with E-state index in [0.29, 0.717) is 13.2 Å². The van der Waals surface area contributed by atoms with Crippen LogP contribution in [0.15, 0.2) is 18.2 Å². The molecule has 0 heterocycles. The Morgan fingerprint density at radius 1 is 1.44 bits per heavy atom. The van der Waals surface area contributed by atoms with Crippen LogP contribution in [0.5, 0.6) is 0 Å². The van der Waals surface area contributed by atoms with E-state index in [-0.39, 0.29) is 18.7 Å². The second kappa shape index (κ2) is 7.03. The van der Waals surface area contributed by atoms with E-state index in [4.69, 9.17) is 9.84 Å². The summed E-state index contributed by atoms with van der Waals surface area (Å²) in [6.45, 7) is 0.432. The molecule has 0 saturated carbocycles. The van der Waals surface area contributed by atoms with Crippen molar-refractivity contribution in [2.75, 3.05) is 26.8 Å². The molecule has 0 aliphatic carbocycles. The number of ether oxygens (including phenoxy) is 1. The first-order valence-corrected chi connectivity index (χ1v) is 5.40. The summed E-state index contributed by atoms with van der Waals surface area (Å²) >= 11 is 0. The van der Waals surface area contributed by atoms with Gasteiger partial charge in [0, 0.05) is 25.8 Å². The predicted octanol–water partition coefficient (Wildman–Crippen LogP) is 1.50. The minimum atomic E-state index is -1.03. The highest BCUT2D eigenvalue weighted by molar-refractivity contribution is 5.69. The van der Waals surface area contributed by atoms with Gasteiger partial charge in [0.05, 0.1) is 13.2 Å². The zero-order valence-electron chi connectivity index (χ0n) is 10.0. The molecular weight excluding hydrogens is 244 g/mol. The molecule has 1 rings (SSSR count). The van der Waals surface area contributed by atoms with E-state index in [1.165, 1.54) is 24.1 Å². The van der Waals surface area contributed by atoms with E-state index in [0.717, 1.165) is 6.07 Å². The van der Waals surface area contributed by atoms with E-state index in [2.05, 4.69) is 0 Å². The number of benzene rings is 1. The number of rotatable bonds is 7. The van der Waals surface area contributed by atoms with Crippen LogP contribution in [0.3, 0.4) is 0 Å². The molecule has 0 spiro atoms. The molecule has 0 atom stereocenters. The van der Waals surface area contributed by atoms with Crippen molar-refractivity contribution >= 4 is 5.97 Å². The predicted molar refractivity (Wildman–Crippen MR) is 61.1 cm³/mol. The highest BCUT2D eigenvalue weighted by Crippen LogP contribution is 2.13. The average molecular weight is 259 g/mol. The van der Waals surface area contributed by atoms with Crippen LogP contribution < -0.4 is 0 Å². The quantitative estimate of drug-likeness (QED) is 0.806. The highest BCUT2D eigenvalue weighted by Gasteiger charge is 2.14. The van der Waals surface area contributed by atoms with E-state index < -0.39 is 17.6 Å². The molecule has 1 N–H and O–H groups in total. The van der Waals surface area contributed by atoms with Gasteiger partial charge in [0.1, 0.15) is 0 Å². The lowest BCUT2D eigenvalue weighted by molar-refractivity contribution is -0.138. The second-order valence-corrected chi connectivity index (χ2v) is 3.81. The van der Waals surface area contributed by atoms with Crippen LogP contribution in [-0.2, 0) is 16.1 Å². The van der Waals surface area contributed by atoms with Gasteiger partial charge in [-0.25, -0.2) is 8.78 Å². The summed E-state index contributed by atoms with van der Waals surface area (Å²) in [4.78, 5) is 12.1. The van der Waals surface area contributed by atoms with Crippen LogP contribution in [0.25, 0.3) is 0 Å². The van der Waals surface area contributed by atoms with Crippen LogP contribution in [0.2, 0.25) is 0 Å². The van der Waals surface area contributed by atoms with Gasteiger partial charge in [-0.15, -0.1) is 0 Å². The third-order valence-corrected chi connectivity index (χ3v) is 2.40. The monoisotopic (exact) mass is 259 g/mol. The normalized spacial score (nSPS) is 10.9. The lowest BCUT2D eigenvalue weighted by Crippen LogP contribution is -2.32. The maximum absolute atomic E-state index is 13.4. The van der Waals surface area contributed by atoms with Crippen LogP contribution in [0.1, 0.15) is 5.56 Å². The summed E-state index contributed by atoms with van der Waals surface area (Å²) in [7, 11) is 1.49. The lowest BCUT2D eigenvalue weighted by atomic mass is 10.2. The van der Waals surface area contributed by atoms with Crippen molar-refractivity contribution < 1.29 is 23.4 Å². The molecule has 100 valence electrons. The SMILES string of the molecule is COCCN(CC(=O)O)Cc1cccc(F)c1F. The molecule has 0 aliphatic heterocycles. The molecular formula is C12H15F2NO3. The number of carboxylic acid groups (broad SMARTS) is 1. The Labute approximate surface area is 104 Å². The van der Waals surface area contributed by atoms with Crippen molar-refractivity contribution in [2.45, 2.75) is 6.54 Å². The Bertz CT molecular complexity index is 412. The largest absolute Gasteiger partial charge is 0.480 e. The third-order valence-electron chi connectivity index (χ3n) is 2.40. The van der Waals surface area contributed by atoms with Gasteiger partial charge in [-0.3, -0.25) is 9.69 Å². The minimum absolute atomic E-state index is 0.0270. The summed E-state index contributed by atoms with van der Waals surface area (Å²) in [5, 5.41) is 8.73. The van der Waals surface area contributed by atoms with Gasteiger partial charge < -0.3 is 9.84 Å². The van der Waals surface area contributed by atoms with Crippen LogP contribution in [-0.4, -0.2) is 42.8 Å². The smallest absolute Gasteiger partial charge is 0.317 e. The molecule has 1 aromatic rings. The first kappa shape index (κ1) is 14.5. The van der Waals surface area contributed by atoms with Crippen molar-refractivity contribution in [3.63, 3.8) is 0 Å². The fraction of sp³-hybridized carbons (Fsp3) is 0.417. The van der Waals surface area contributed by atoms with Gasteiger partial charge in [-0.2, -0.15) is 0 Å². The molecule has 0 aliphatic rings. The number of carbonyl (C=O) groups is 1. The maximum Gasteiger partial charge on any atom is 0.317 e. The van der Waals surface area contributed by atoms with Gasteiger partial charge >= 0.3 is 5.97 Å². The Balaban J connectivity index is 2.75. The number of halogens is 2. The van der Waals surface area contributed by atoms with Crippen molar-refractivity contribution in [2.24, 2.45) is 0 Å². The Hall–Kier alpha value is -1.53. The molecule has 0 saturated heterocycles. The lowest BCUT2D eigenvalue weighted by Gasteiger charge is -2.20. The number of hydrogen-bond acceptors (Lipinski definition) is 3. The number of nitrogens with zero attached hydrogens (tertiary/aromatic N) is 1. The number of hydrogen-bond donors (Lipinski definition) is 1. The molecule has 0 radical (unpaired) electrons. The zero-order chi connectivity index (χ0) is 13.5. The third kappa shape index (κ3) is 4.38. The molecule has 0 amide bonds. The zero-order valence-corrected chi connectivity index (χ0v) is 10.0. The summed E-state index contributed by atoms with van der Waals surface area (Å²) < 4.78 is 31.3. The first-order chi connectivity index (χ1) is 8.54. The van der Waals surface area contributed by atoms with Crippen LogP contribution in [0, 0.1) is 11.6 Å². The van der Waals surface area contributed by atoms with Crippen molar-refractivity contribution in [3.8, 4) is 0 Å². The van der Waals surface area contributed by atoms with E-state index in [1.54, 1.807) is 0 Å². The van der Waals surface area contributed by atoms with Gasteiger partial charge in [0.25, 0.3) is 0 Å². The fourth-order valence-corrected chi connectivity index (χ4v) is 1.54. The fourth-order valence-electron chi connectivity index (χ4n) is 1.54. The summed E-state index contributed by atoms with van der Waals surface area (Å²) in [6, 6.07) is 3.85. The van der Waals surface area contributed by atoms with E-state index in [9.17, 15) is 13.6 Å². The molecule has 6 heteroatoms. The number of aliphatic carboxylic acids is 1. The summed E-state index contributed by atoms with van der Waals surface area (Å²) in [5.41, 5.74) is 0.132. The molecule has 0 unspecified atom stereocenters. The first-order valence-electron chi connectivity index (χ1n) is 5.40. The molecule has 4 nitrogen and oxygen atoms in total. The van der Waals surface area contributed by atoms with E-state index >= 15 is 0 Å². The Morgan fingerprint density at radius 3 is 2.78 bits per heavy atom. The summed E-state index contributed by atoms with van der Waals surface area (Å²) in [5.74, 6) is -2.90. The number of methoxy groups -OCH3 is 1. The second-order valence-electron chi connectivity index (χ2n) is 3.81. The van der Waals surface area contributed by atoms with Crippen molar-refractivity contribution in [1.29, 1.82) is 0 Å². The number of carboxylic acids is 1. The maximum atomic E-state index is 13.4. The van der Waals surface area contributed by atoms with Gasteiger partial charge in [-0.05, 0) is 6.07 Å². The van der Waals surface area contributed by atoms with Crippen molar-refractivity contribution in [1.82, 2.24) is 4.90 Å². The highest BCUT2D eigenvalue weighted by atomic mass is 19.2. The average Bonchev–Trinajstić information content (AvgIpc) is 2.31. The van der Waals surface area contributed by atoms with E-state index in [1.807, 2.05) is 0 Å². The van der Waals surface area contributed by atoms with Gasteiger partial charge in [0.15, 0.2) is 11.6 Å². The molecule has 0 bridgehead atoms. The molecule has 1 aromatic carbocycles. The van der Waals surface area contributed by atoms with Gasteiger partial charge in [0.2, 0.25) is 0 Å². The van der Waals surface area contributed by atoms with Crippen LogP contribution in [0.4, 0.5) is 8.78 Å². The Morgan fingerprint density at radius 2 is 2.17 bits per heavy atom. The topological polar surface area (TPSA) is 49.8 Å². The van der Waals surface area contributed by atoms with Crippen LogP contribution >= 0.6 is 0 Å². The van der Waals surface area contributed by atoms with Crippen molar-refractivity contribution in [3.05, 3.63) is 35.4 Å². The summed E-state index contributed by atoms with van der Waals surface area (Å²) in [6.07, 6.45) is 0. The van der Waals surface area contributed by atoms with Gasteiger partial charge in [-0.1, -0.05) is 12.1 Å². The molecule has 18 heavy (non-hydrogen) atoms. The minimum Gasteiger partial charge on any atom is -0.480 e.